The molecule has 1 aliphatic heterocycles. The van der Waals surface area contributed by atoms with E-state index in [1.807, 2.05) is 19.1 Å². The van der Waals surface area contributed by atoms with E-state index in [4.69, 9.17) is 16.3 Å². The second-order valence-corrected chi connectivity index (χ2v) is 8.76. The summed E-state index contributed by atoms with van der Waals surface area (Å²) in [5.41, 5.74) is 3.52. The van der Waals surface area contributed by atoms with E-state index in [9.17, 15) is 5.11 Å². The number of allylic oxidation sites excluding steroid dienone is 3. The lowest BCUT2D eigenvalue weighted by molar-refractivity contribution is 0.0784. The van der Waals surface area contributed by atoms with Crippen LogP contribution in [0.4, 0.5) is 5.13 Å². The maximum Gasteiger partial charge on any atom is 0.192 e. The highest BCUT2D eigenvalue weighted by atomic mass is 35.5. The number of pyridine rings is 2. The lowest BCUT2D eigenvalue weighted by Crippen LogP contribution is -2.23. The summed E-state index contributed by atoms with van der Waals surface area (Å²) < 4.78 is 6.38. The molecule has 0 fully saturated rings. The first-order valence-electron chi connectivity index (χ1n) is 9.11. The molecule has 0 aliphatic carbocycles. The molecular formula is C21H21ClN4O2S. The van der Waals surface area contributed by atoms with E-state index >= 15 is 0 Å². The Hall–Kier alpha value is -2.48. The molecule has 0 aromatic carbocycles. The number of methoxy groups -OCH3 is 1. The molecule has 150 valence electrons. The number of hydrogen-bond donors (Lipinski definition) is 1. The van der Waals surface area contributed by atoms with Crippen molar-refractivity contribution in [3.8, 4) is 5.75 Å². The molecule has 3 aromatic heterocycles. The van der Waals surface area contributed by atoms with Gasteiger partial charge in [0.2, 0.25) is 0 Å². The maximum absolute atomic E-state index is 10.2. The van der Waals surface area contributed by atoms with E-state index < -0.39 is 5.60 Å². The van der Waals surface area contributed by atoms with Crippen LogP contribution in [0.3, 0.4) is 0 Å². The van der Waals surface area contributed by atoms with Gasteiger partial charge >= 0.3 is 0 Å². The van der Waals surface area contributed by atoms with Crippen molar-refractivity contribution in [2.45, 2.75) is 26.4 Å². The zero-order valence-corrected chi connectivity index (χ0v) is 18.2. The number of thiazole rings is 1. The van der Waals surface area contributed by atoms with Gasteiger partial charge < -0.3 is 14.7 Å². The molecular weight excluding hydrogens is 408 g/mol. The Morgan fingerprint density at radius 2 is 2.03 bits per heavy atom. The van der Waals surface area contributed by atoms with Gasteiger partial charge in [0.05, 0.1) is 23.6 Å². The minimum atomic E-state index is -0.936. The Kier molecular flexibility index (Phi) is 5.06. The van der Waals surface area contributed by atoms with Gasteiger partial charge in [-0.3, -0.25) is 0 Å². The third-order valence-corrected chi connectivity index (χ3v) is 6.04. The molecule has 1 aliphatic rings. The van der Waals surface area contributed by atoms with Crippen LogP contribution in [-0.2, 0) is 5.60 Å². The summed E-state index contributed by atoms with van der Waals surface area (Å²) in [6.45, 7) is 6.21. The van der Waals surface area contributed by atoms with Gasteiger partial charge in [0.1, 0.15) is 10.9 Å². The zero-order valence-electron chi connectivity index (χ0n) is 16.6. The summed E-state index contributed by atoms with van der Waals surface area (Å²) in [4.78, 5) is 15.3. The van der Waals surface area contributed by atoms with Crippen LogP contribution in [0.5, 0.6) is 5.75 Å². The number of fused-ring (bicyclic) bond motifs is 1. The highest BCUT2D eigenvalue weighted by Crippen LogP contribution is 2.36. The molecule has 0 unspecified atom stereocenters. The van der Waals surface area contributed by atoms with Gasteiger partial charge in [0, 0.05) is 29.6 Å². The molecule has 0 bridgehead atoms. The lowest BCUT2D eigenvalue weighted by atomic mass is 10.0. The smallest absolute Gasteiger partial charge is 0.192 e. The lowest BCUT2D eigenvalue weighted by Gasteiger charge is -2.25. The van der Waals surface area contributed by atoms with Crippen molar-refractivity contribution in [1.82, 2.24) is 15.0 Å². The monoisotopic (exact) mass is 428 g/mol. The summed E-state index contributed by atoms with van der Waals surface area (Å²) in [6, 6.07) is 3.77. The fourth-order valence-corrected chi connectivity index (χ4v) is 4.37. The van der Waals surface area contributed by atoms with Gasteiger partial charge in [-0.25, -0.2) is 9.97 Å². The van der Waals surface area contributed by atoms with E-state index in [0.717, 1.165) is 32.2 Å². The standard InChI is InChI=1S/C21H21ClN4O2S/c1-12-7-13(15-9-18(22)23-11-16(15)28-4)5-6-26(12)20-25-19-17(29-20)8-14(10-24-19)21(2,3)27/h5,7-11,27H,6H2,1-4H3. The second kappa shape index (κ2) is 7.40. The predicted molar refractivity (Wildman–Crippen MR) is 118 cm³/mol. The van der Waals surface area contributed by atoms with Crippen LogP contribution >= 0.6 is 22.9 Å². The van der Waals surface area contributed by atoms with Crippen molar-refractivity contribution in [3.05, 3.63) is 58.7 Å². The Morgan fingerprint density at radius 1 is 1.24 bits per heavy atom. The molecule has 4 heterocycles. The van der Waals surface area contributed by atoms with Gasteiger partial charge in [0.25, 0.3) is 0 Å². The number of aliphatic hydroxyl groups is 1. The van der Waals surface area contributed by atoms with Crippen molar-refractivity contribution in [2.75, 3.05) is 18.6 Å². The molecule has 1 N–H and O–H groups in total. The molecule has 6 nitrogen and oxygen atoms in total. The number of ether oxygens (including phenoxy) is 1. The van der Waals surface area contributed by atoms with Crippen LogP contribution in [0, 0.1) is 0 Å². The maximum atomic E-state index is 10.2. The van der Waals surface area contributed by atoms with Crippen LogP contribution in [-0.4, -0.2) is 33.7 Å². The van der Waals surface area contributed by atoms with Crippen molar-refractivity contribution in [1.29, 1.82) is 0 Å². The first kappa shape index (κ1) is 19.8. The fourth-order valence-electron chi connectivity index (χ4n) is 3.18. The van der Waals surface area contributed by atoms with Crippen LogP contribution in [0.2, 0.25) is 5.15 Å². The number of halogens is 1. The summed E-state index contributed by atoms with van der Waals surface area (Å²) in [6.07, 6.45) is 7.51. The molecule has 29 heavy (non-hydrogen) atoms. The minimum Gasteiger partial charge on any atom is -0.494 e. The summed E-state index contributed by atoms with van der Waals surface area (Å²) in [5, 5.41) is 11.5. The minimum absolute atomic E-state index is 0.426. The van der Waals surface area contributed by atoms with Crippen molar-refractivity contribution in [2.24, 2.45) is 0 Å². The molecule has 0 saturated heterocycles. The quantitative estimate of drug-likeness (QED) is 0.603. The summed E-state index contributed by atoms with van der Waals surface area (Å²) in [5.74, 6) is 0.682. The number of anilines is 1. The van der Waals surface area contributed by atoms with Gasteiger partial charge in [-0.05, 0) is 44.6 Å². The average Bonchev–Trinajstić information content (AvgIpc) is 3.10. The number of hydrogen-bond acceptors (Lipinski definition) is 7. The van der Waals surface area contributed by atoms with Crippen molar-refractivity contribution < 1.29 is 9.84 Å². The van der Waals surface area contributed by atoms with Gasteiger partial charge in [-0.1, -0.05) is 29.0 Å². The van der Waals surface area contributed by atoms with Gasteiger partial charge in [-0.15, -0.1) is 0 Å². The normalized spacial score (nSPS) is 14.8. The third-order valence-electron chi connectivity index (χ3n) is 4.82. The van der Waals surface area contributed by atoms with Crippen LogP contribution < -0.4 is 9.64 Å². The third kappa shape index (κ3) is 3.85. The SMILES string of the molecule is COc1cnc(Cl)cc1C1=CCN(c2nc3ncc(C(C)(C)O)cc3s2)C(C)=C1. The summed E-state index contributed by atoms with van der Waals surface area (Å²) >= 11 is 7.65. The van der Waals surface area contributed by atoms with Gasteiger partial charge in [-0.2, -0.15) is 4.98 Å². The highest BCUT2D eigenvalue weighted by Gasteiger charge is 2.21. The number of rotatable bonds is 4. The van der Waals surface area contributed by atoms with Crippen molar-refractivity contribution in [3.63, 3.8) is 0 Å². The molecule has 0 radical (unpaired) electrons. The predicted octanol–water partition coefficient (Wildman–Crippen LogP) is 4.78. The first-order valence-corrected chi connectivity index (χ1v) is 10.3. The zero-order chi connectivity index (χ0) is 20.8. The second-order valence-electron chi connectivity index (χ2n) is 7.36. The average molecular weight is 429 g/mol. The largest absolute Gasteiger partial charge is 0.494 e. The number of nitrogens with zero attached hydrogens (tertiary/aromatic N) is 4. The molecule has 3 aromatic rings. The van der Waals surface area contributed by atoms with E-state index in [0.29, 0.717) is 23.1 Å². The molecule has 8 heteroatoms. The Labute approximate surface area is 178 Å². The van der Waals surface area contributed by atoms with Crippen LogP contribution in [0.1, 0.15) is 31.9 Å². The molecule has 4 rings (SSSR count). The Bertz CT molecular complexity index is 1150. The Morgan fingerprint density at radius 3 is 2.72 bits per heavy atom. The summed E-state index contributed by atoms with van der Waals surface area (Å²) in [7, 11) is 1.62. The van der Waals surface area contributed by atoms with E-state index in [-0.39, 0.29) is 0 Å². The highest BCUT2D eigenvalue weighted by molar-refractivity contribution is 7.22. The van der Waals surface area contributed by atoms with Crippen molar-refractivity contribution >= 4 is 44.0 Å². The van der Waals surface area contributed by atoms with E-state index in [1.165, 1.54) is 0 Å². The topological polar surface area (TPSA) is 71.4 Å². The van der Waals surface area contributed by atoms with E-state index in [2.05, 4.69) is 32.0 Å². The molecule has 0 amide bonds. The molecule has 0 saturated carbocycles. The van der Waals surface area contributed by atoms with Crippen LogP contribution in [0.15, 0.2) is 42.4 Å². The van der Waals surface area contributed by atoms with Crippen LogP contribution in [0.25, 0.3) is 15.9 Å². The molecule has 0 atom stereocenters. The first-order chi connectivity index (χ1) is 13.8. The molecule has 0 spiro atoms. The number of aromatic nitrogens is 3. The van der Waals surface area contributed by atoms with Gasteiger partial charge in [0.15, 0.2) is 10.8 Å². The van der Waals surface area contributed by atoms with E-state index in [1.54, 1.807) is 44.7 Å². The Balaban J connectivity index is 1.66. The fraction of sp³-hybridized carbons (Fsp3) is 0.286.